The maximum atomic E-state index is 5.54. The molecule has 0 aliphatic heterocycles. The lowest BCUT2D eigenvalue weighted by atomic mass is 10.7. The first-order valence-corrected chi connectivity index (χ1v) is 4.32. The lowest BCUT2D eigenvalue weighted by molar-refractivity contribution is -0.131. The summed E-state index contributed by atoms with van der Waals surface area (Å²) in [5, 5.41) is 0. The van der Waals surface area contributed by atoms with Gasteiger partial charge in [-0.2, -0.15) is 0 Å². The van der Waals surface area contributed by atoms with Gasteiger partial charge in [-0.25, -0.2) is 0 Å². The molecule has 0 heterocycles. The molecule has 0 amide bonds. The first kappa shape index (κ1) is 9.72. The fraction of sp³-hybridized carbons (Fsp3) is 1.00. The van der Waals surface area contributed by atoms with Crippen LogP contribution in [0.1, 0.15) is 0 Å². The third-order valence-corrected chi connectivity index (χ3v) is 4.13. The van der Waals surface area contributed by atoms with Gasteiger partial charge in [-0.3, -0.25) is 0 Å². The second kappa shape index (κ2) is 3.78. The Hall–Kier alpha value is 0.717. The van der Waals surface area contributed by atoms with Gasteiger partial charge in [-0.1, -0.05) is 23.2 Å². The number of hydrogen-bond acceptors (Lipinski definition) is 2. The van der Waals surface area contributed by atoms with Gasteiger partial charge < -0.3 is 9.47 Å². The highest BCUT2D eigenvalue weighted by Gasteiger charge is 2.30. The molecule has 0 fully saturated rings. The average molecular weight is 189 g/mol. The molecule has 0 radical (unpaired) electrons. The van der Waals surface area contributed by atoms with E-state index in [9.17, 15) is 0 Å². The molecular formula is C4H10Cl2O2Si. The summed E-state index contributed by atoms with van der Waals surface area (Å²) >= 11 is 11.1. The number of rotatable bonds is 3. The summed E-state index contributed by atoms with van der Waals surface area (Å²) in [7, 11) is 3.69. The Kier molecular flexibility index (Phi) is 4.08. The van der Waals surface area contributed by atoms with E-state index in [1.165, 1.54) is 14.2 Å². The third kappa shape index (κ3) is 2.43. The molecule has 0 atom stereocenters. The van der Waals surface area contributed by atoms with E-state index in [0.717, 1.165) is 0 Å². The van der Waals surface area contributed by atoms with Crippen molar-refractivity contribution in [1.82, 2.24) is 0 Å². The second-order valence-electron chi connectivity index (χ2n) is 1.72. The molecule has 0 bridgehead atoms. The van der Waals surface area contributed by atoms with Crippen molar-refractivity contribution >= 4 is 33.4 Å². The third-order valence-electron chi connectivity index (χ3n) is 1.21. The number of ether oxygens (including phenoxy) is 2. The molecular weight excluding hydrogens is 179 g/mol. The zero-order valence-corrected chi connectivity index (χ0v) is 9.16. The van der Waals surface area contributed by atoms with Crippen LogP contribution in [0.3, 0.4) is 0 Å². The Morgan fingerprint density at radius 1 is 1.33 bits per heavy atom. The van der Waals surface area contributed by atoms with Gasteiger partial charge in [-0.15, -0.1) is 0 Å². The Bertz CT molecular complexity index is 84.6. The summed E-state index contributed by atoms with van der Waals surface area (Å²) in [6.07, 6.45) is 0. The molecule has 0 unspecified atom stereocenters. The predicted molar refractivity (Wildman–Crippen MR) is 42.2 cm³/mol. The van der Waals surface area contributed by atoms with Crippen LogP contribution in [0.4, 0.5) is 0 Å². The van der Waals surface area contributed by atoms with E-state index in [1.54, 1.807) is 0 Å². The molecule has 5 heteroatoms. The first-order chi connectivity index (χ1) is 4.06. The summed E-state index contributed by atoms with van der Waals surface area (Å²) in [5.41, 5.74) is -0.747. The van der Waals surface area contributed by atoms with Crippen molar-refractivity contribution in [3.8, 4) is 0 Å². The van der Waals surface area contributed by atoms with E-state index in [4.69, 9.17) is 32.7 Å². The smallest absolute Gasteiger partial charge is 0.169 e. The van der Waals surface area contributed by atoms with Crippen molar-refractivity contribution in [2.45, 2.75) is 10.2 Å². The van der Waals surface area contributed by atoms with Crippen molar-refractivity contribution in [3.05, 3.63) is 0 Å². The van der Waals surface area contributed by atoms with E-state index in [2.05, 4.69) is 0 Å². The Balaban J connectivity index is 3.92. The molecule has 0 rings (SSSR count). The molecule has 9 heavy (non-hydrogen) atoms. The van der Waals surface area contributed by atoms with Crippen molar-refractivity contribution in [1.29, 1.82) is 0 Å². The van der Waals surface area contributed by atoms with Crippen LogP contribution in [0, 0.1) is 0 Å². The first-order valence-electron chi connectivity index (χ1n) is 2.45. The van der Waals surface area contributed by atoms with Crippen LogP contribution in [0.5, 0.6) is 0 Å². The van der Waals surface area contributed by atoms with Crippen LogP contribution in [-0.4, -0.2) is 34.7 Å². The molecule has 0 aromatic carbocycles. The van der Waals surface area contributed by atoms with Crippen molar-refractivity contribution in [2.75, 3.05) is 14.2 Å². The maximum absolute atomic E-state index is 5.54. The van der Waals surface area contributed by atoms with Gasteiger partial charge in [0.1, 0.15) is 0 Å². The fourth-order valence-corrected chi connectivity index (χ4v) is 0.618. The van der Waals surface area contributed by atoms with E-state index in [1.807, 2.05) is 0 Å². The van der Waals surface area contributed by atoms with Crippen LogP contribution in [0.2, 0.25) is 0 Å². The molecule has 0 N–H and O–H groups in total. The van der Waals surface area contributed by atoms with E-state index in [-0.39, 0.29) is 0 Å². The van der Waals surface area contributed by atoms with Crippen molar-refractivity contribution in [2.24, 2.45) is 0 Å². The van der Waals surface area contributed by atoms with Gasteiger partial charge in [-0.05, 0) is 0 Å². The number of alkyl halides is 2. The highest BCUT2D eigenvalue weighted by atomic mass is 35.5. The quantitative estimate of drug-likeness (QED) is 0.356. The Labute approximate surface area is 67.8 Å². The van der Waals surface area contributed by atoms with Crippen LogP contribution in [0.25, 0.3) is 0 Å². The van der Waals surface area contributed by atoms with Crippen molar-refractivity contribution < 1.29 is 9.47 Å². The minimum atomic E-state index is -0.747. The Morgan fingerprint density at radius 2 is 1.67 bits per heavy atom. The monoisotopic (exact) mass is 188 g/mol. The van der Waals surface area contributed by atoms with Crippen LogP contribution in [0.15, 0.2) is 0 Å². The average Bonchev–Trinajstić information content (AvgIpc) is 1.86. The summed E-state index contributed by atoms with van der Waals surface area (Å²) in [4.78, 5) is -0.612. The lowest BCUT2D eigenvalue weighted by Gasteiger charge is -2.27. The molecule has 2 nitrogen and oxygen atoms in total. The molecule has 0 aliphatic rings. The number of hydrogen-bond donors (Lipinski definition) is 0. The minimum absolute atomic E-state index is 0.612. The largest absolute Gasteiger partial charge is 0.355 e. The summed E-state index contributed by atoms with van der Waals surface area (Å²) in [6, 6.07) is 0. The van der Waals surface area contributed by atoms with Gasteiger partial charge in [0, 0.05) is 14.2 Å². The second-order valence-corrected chi connectivity index (χ2v) is 4.22. The minimum Gasteiger partial charge on any atom is -0.355 e. The highest BCUT2D eigenvalue weighted by molar-refractivity contribution is 6.47. The van der Waals surface area contributed by atoms with E-state index in [0.29, 0.717) is 10.2 Å². The van der Waals surface area contributed by atoms with Gasteiger partial charge in [0.05, 0.1) is 10.2 Å². The van der Waals surface area contributed by atoms with Gasteiger partial charge in [0.2, 0.25) is 0 Å². The maximum Gasteiger partial charge on any atom is 0.169 e. The number of halogens is 2. The zero-order chi connectivity index (χ0) is 7.49. The lowest BCUT2D eigenvalue weighted by Crippen LogP contribution is -2.40. The van der Waals surface area contributed by atoms with Crippen LogP contribution >= 0.6 is 23.2 Å². The zero-order valence-electron chi connectivity index (χ0n) is 5.65. The SMILES string of the molecule is COC([SiH3])(OC)C(Cl)Cl. The van der Waals surface area contributed by atoms with Crippen LogP contribution < -0.4 is 0 Å². The topological polar surface area (TPSA) is 18.5 Å². The summed E-state index contributed by atoms with van der Waals surface area (Å²) in [5.74, 6) is 0. The van der Waals surface area contributed by atoms with E-state index >= 15 is 0 Å². The summed E-state index contributed by atoms with van der Waals surface area (Å²) < 4.78 is 9.85. The molecule has 0 aliphatic carbocycles. The molecule has 0 saturated heterocycles. The van der Waals surface area contributed by atoms with Gasteiger partial charge in [0.25, 0.3) is 0 Å². The molecule has 0 aromatic rings. The molecule has 56 valence electrons. The molecule has 0 saturated carbocycles. The van der Waals surface area contributed by atoms with Gasteiger partial charge >= 0.3 is 0 Å². The normalized spacial score (nSPS) is 13.0. The fourth-order valence-electron chi connectivity index (χ4n) is 0.262. The highest BCUT2D eigenvalue weighted by Crippen LogP contribution is 2.20. The van der Waals surface area contributed by atoms with Crippen LogP contribution in [-0.2, 0) is 9.47 Å². The molecule has 0 spiro atoms. The predicted octanol–water partition coefficient (Wildman–Crippen LogP) is 0.102. The number of methoxy groups -OCH3 is 2. The summed E-state index contributed by atoms with van der Waals surface area (Å²) in [6.45, 7) is 0. The van der Waals surface area contributed by atoms with E-state index < -0.39 is 10.2 Å². The van der Waals surface area contributed by atoms with Gasteiger partial charge in [0.15, 0.2) is 10.2 Å². The Morgan fingerprint density at radius 3 is 1.67 bits per heavy atom. The van der Waals surface area contributed by atoms with Crippen molar-refractivity contribution in [3.63, 3.8) is 0 Å². The standard InChI is InChI=1S/C4H10Cl2O2Si/c1-7-4(9,8-2)3(5)6/h3H,1-2,9H3. The molecule has 0 aromatic heterocycles.